The van der Waals surface area contributed by atoms with Crippen molar-refractivity contribution in [2.45, 2.75) is 51.6 Å². The number of rotatable bonds is 5. The maximum atomic E-state index is 12.3. The summed E-state index contributed by atoms with van der Waals surface area (Å²) in [5.74, 6) is 0. The lowest BCUT2D eigenvalue weighted by atomic mass is 9.81. The van der Waals surface area contributed by atoms with Crippen molar-refractivity contribution in [3.05, 3.63) is 23.8 Å². The van der Waals surface area contributed by atoms with Crippen LogP contribution in [0, 0.1) is 0 Å². The highest BCUT2D eigenvalue weighted by Crippen LogP contribution is 2.51. The lowest BCUT2D eigenvalue weighted by Gasteiger charge is -2.32. The summed E-state index contributed by atoms with van der Waals surface area (Å²) < 4.78 is 5.01. The molecule has 1 N–H and O–H groups in total. The maximum Gasteiger partial charge on any atom is 0.420 e. The fourth-order valence-corrected chi connectivity index (χ4v) is 4.78. The van der Waals surface area contributed by atoms with Gasteiger partial charge in [0.15, 0.2) is 0 Å². The van der Waals surface area contributed by atoms with Crippen LogP contribution < -0.4 is 10.2 Å². The molecule has 2 heterocycles. The van der Waals surface area contributed by atoms with Gasteiger partial charge in [0, 0.05) is 43.5 Å². The van der Waals surface area contributed by atoms with E-state index in [0.29, 0.717) is 24.9 Å². The van der Waals surface area contributed by atoms with Gasteiger partial charge in [0.2, 0.25) is 0 Å². The normalized spacial score (nSPS) is 23.3. The molecule has 2 aliphatic heterocycles. The van der Waals surface area contributed by atoms with Crippen LogP contribution in [0.1, 0.15) is 45.6 Å². The number of carbonyl (C=O) groups is 2. The van der Waals surface area contributed by atoms with E-state index >= 15 is 0 Å². The molecule has 3 rings (SSSR count). The van der Waals surface area contributed by atoms with E-state index in [1.54, 1.807) is 4.90 Å². The minimum atomic E-state index is -0.737. The molecule has 0 radical (unpaired) electrons. The quantitative estimate of drug-likeness (QED) is 0.776. The number of nitrogens with zero attached hydrogens (tertiary/aromatic N) is 3. The predicted octanol–water partition coefficient (Wildman–Crippen LogP) is 3.85. The van der Waals surface area contributed by atoms with Crippen molar-refractivity contribution in [2.24, 2.45) is 0 Å². The van der Waals surface area contributed by atoms with Gasteiger partial charge in [-0.2, -0.15) is 0 Å². The molecule has 0 aliphatic carbocycles. The highest BCUT2D eigenvalue weighted by Gasteiger charge is 2.52. The molecule has 2 atom stereocenters. The van der Waals surface area contributed by atoms with Gasteiger partial charge in [-0.15, -0.1) is 0 Å². The summed E-state index contributed by atoms with van der Waals surface area (Å²) in [6.45, 7) is 8.47. The van der Waals surface area contributed by atoms with Crippen molar-refractivity contribution in [1.82, 2.24) is 9.80 Å². The molecule has 2 amide bonds. The largest absolute Gasteiger partial charge is 0.420 e. The molecular weight excluding hydrogens is 356 g/mol. The third kappa shape index (κ3) is 3.55. The monoisotopic (exact) mass is 388 g/mol. The predicted molar refractivity (Wildman–Crippen MR) is 111 cm³/mol. The summed E-state index contributed by atoms with van der Waals surface area (Å²) in [6.07, 6.45) is 1.71. The molecule has 2 aliphatic rings. The van der Waals surface area contributed by atoms with Crippen LogP contribution in [0.3, 0.4) is 0 Å². The van der Waals surface area contributed by atoms with Crippen molar-refractivity contribution in [2.75, 3.05) is 43.9 Å². The van der Waals surface area contributed by atoms with Gasteiger partial charge in [-0.25, -0.2) is 9.59 Å². The van der Waals surface area contributed by atoms with Crippen LogP contribution in [0.2, 0.25) is 0 Å². The molecule has 1 aromatic rings. The number of hydrogen-bond acceptors (Lipinski definition) is 5. The van der Waals surface area contributed by atoms with Gasteiger partial charge in [0.1, 0.15) is 0 Å². The van der Waals surface area contributed by atoms with Crippen LogP contribution in [0.15, 0.2) is 18.2 Å². The Balaban J connectivity index is 1.71. The van der Waals surface area contributed by atoms with E-state index in [1.807, 2.05) is 32.0 Å². The van der Waals surface area contributed by atoms with Gasteiger partial charge in [-0.3, -0.25) is 10.2 Å². The highest BCUT2D eigenvalue weighted by atomic mass is 16.6. The van der Waals surface area contributed by atoms with Gasteiger partial charge in [-0.1, -0.05) is 20.8 Å². The van der Waals surface area contributed by atoms with Crippen molar-refractivity contribution in [1.29, 1.82) is 0 Å². The number of ether oxygens (including phenoxy) is 1. The van der Waals surface area contributed by atoms with Crippen LogP contribution in [0.5, 0.6) is 0 Å². The molecule has 1 aromatic carbocycles. The summed E-state index contributed by atoms with van der Waals surface area (Å²) in [4.78, 5) is 30.7. The highest BCUT2D eigenvalue weighted by molar-refractivity contribution is 5.93. The van der Waals surface area contributed by atoms with E-state index in [2.05, 4.69) is 36.1 Å². The molecule has 1 saturated heterocycles. The standard InChI is InChI=1S/C21H32N4O3/c1-6-11-25(12-7-2)20(27)28-19(26)22-15-8-9-17-16(14-15)21(3)10-13-23(4)18(21)24(17)5/h8-9,14,18H,6-7,10-13H2,1-5H3,(H,22,26)/t18-,21+/m1/s1. The average Bonchev–Trinajstić information content (AvgIpc) is 3.07. The summed E-state index contributed by atoms with van der Waals surface area (Å²) in [5, 5.41) is 2.72. The number of likely N-dealkylation sites (N-methyl/N-ethyl adjacent to an activating group) is 2. The number of fused-ring (bicyclic) bond motifs is 3. The van der Waals surface area contributed by atoms with Gasteiger partial charge in [0.25, 0.3) is 0 Å². The van der Waals surface area contributed by atoms with Crippen LogP contribution in [-0.2, 0) is 10.2 Å². The first-order valence-electron chi connectivity index (χ1n) is 10.2. The van der Waals surface area contributed by atoms with Crippen LogP contribution >= 0.6 is 0 Å². The Labute approximate surface area is 167 Å². The van der Waals surface area contributed by atoms with Crippen LogP contribution in [0.4, 0.5) is 21.0 Å². The van der Waals surface area contributed by atoms with E-state index in [9.17, 15) is 9.59 Å². The SMILES string of the molecule is CCCN(CCC)C(=O)OC(=O)Nc1ccc2c(c1)[C@]1(C)CCN(C)[C@@H]1N2C. The number of benzene rings is 1. The van der Waals surface area contributed by atoms with E-state index < -0.39 is 12.2 Å². The minimum Gasteiger partial charge on any atom is -0.359 e. The Morgan fingerprint density at radius 2 is 1.93 bits per heavy atom. The Bertz CT molecular complexity index is 747. The molecular formula is C21H32N4O3. The minimum absolute atomic E-state index is 0.0231. The molecule has 0 saturated carbocycles. The molecule has 0 spiro atoms. The Morgan fingerprint density at radius 3 is 2.57 bits per heavy atom. The number of carbonyl (C=O) groups excluding carboxylic acids is 2. The first-order valence-corrected chi connectivity index (χ1v) is 10.2. The molecule has 0 aromatic heterocycles. The summed E-state index contributed by atoms with van der Waals surface area (Å²) >= 11 is 0. The number of hydrogen-bond donors (Lipinski definition) is 1. The summed E-state index contributed by atoms with van der Waals surface area (Å²) in [7, 11) is 4.27. The summed E-state index contributed by atoms with van der Waals surface area (Å²) in [5.41, 5.74) is 3.09. The average molecular weight is 389 g/mol. The van der Waals surface area contributed by atoms with Crippen molar-refractivity contribution >= 4 is 23.6 Å². The van der Waals surface area contributed by atoms with Gasteiger partial charge < -0.3 is 14.5 Å². The van der Waals surface area contributed by atoms with E-state index in [-0.39, 0.29) is 5.41 Å². The molecule has 154 valence electrons. The smallest absolute Gasteiger partial charge is 0.359 e. The Hall–Kier alpha value is -2.28. The summed E-state index contributed by atoms with van der Waals surface area (Å²) in [6, 6.07) is 5.92. The third-order valence-electron chi connectivity index (χ3n) is 6.00. The van der Waals surface area contributed by atoms with Crippen LogP contribution in [-0.4, -0.2) is 61.9 Å². The van der Waals surface area contributed by atoms with E-state index in [4.69, 9.17) is 4.74 Å². The topological polar surface area (TPSA) is 65.1 Å². The van der Waals surface area contributed by atoms with Crippen molar-refractivity contribution < 1.29 is 14.3 Å². The third-order valence-corrected chi connectivity index (χ3v) is 6.00. The molecule has 7 nitrogen and oxygen atoms in total. The molecule has 28 heavy (non-hydrogen) atoms. The zero-order chi connectivity index (χ0) is 20.5. The lowest BCUT2D eigenvalue weighted by molar-refractivity contribution is 0.124. The van der Waals surface area contributed by atoms with E-state index in [1.165, 1.54) is 11.3 Å². The Kier molecular flexibility index (Phi) is 5.84. The molecule has 1 fully saturated rings. The number of likely N-dealkylation sites (tertiary alicyclic amines) is 1. The van der Waals surface area contributed by atoms with Crippen LogP contribution in [0.25, 0.3) is 0 Å². The first-order chi connectivity index (χ1) is 13.3. The van der Waals surface area contributed by atoms with Gasteiger partial charge >= 0.3 is 12.2 Å². The fourth-order valence-electron chi connectivity index (χ4n) is 4.78. The maximum absolute atomic E-state index is 12.3. The second-order valence-electron chi connectivity index (χ2n) is 8.13. The van der Waals surface area contributed by atoms with Gasteiger partial charge in [0.05, 0.1) is 6.17 Å². The zero-order valence-electron chi connectivity index (χ0n) is 17.6. The lowest BCUT2D eigenvalue weighted by Crippen LogP contribution is -2.45. The number of amides is 2. The second-order valence-corrected chi connectivity index (χ2v) is 8.13. The van der Waals surface area contributed by atoms with Gasteiger partial charge in [-0.05, 0) is 50.1 Å². The molecule has 0 unspecified atom stereocenters. The number of nitrogens with one attached hydrogen (secondary N) is 1. The van der Waals surface area contributed by atoms with Crippen molar-refractivity contribution in [3.8, 4) is 0 Å². The van der Waals surface area contributed by atoms with Crippen molar-refractivity contribution in [3.63, 3.8) is 0 Å². The first kappa shape index (κ1) is 20.5. The fraction of sp³-hybridized carbons (Fsp3) is 0.619. The molecule has 0 bridgehead atoms. The molecule has 7 heteroatoms. The zero-order valence-corrected chi connectivity index (χ0v) is 17.6. The number of anilines is 2. The second kappa shape index (κ2) is 7.99. The Morgan fingerprint density at radius 1 is 1.25 bits per heavy atom. The van der Waals surface area contributed by atoms with E-state index in [0.717, 1.165) is 25.8 Å².